The molecule has 1 aliphatic rings. The predicted octanol–water partition coefficient (Wildman–Crippen LogP) is 0.444. The van der Waals surface area contributed by atoms with E-state index in [2.05, 4.69) is 20.8 Å². The van der Waals surface area contributed by atoms with Crippen molar-refractivity contribution in [3.8, 4) is 0 Å². The highest BCUT2D eigenvalue weighted by Crippen LogP contribution is 2.32. The molecule has 1 aromatic heterocycles. The molecule has 0 unspecified atom stereocenters. The number of carbonyl (C=O) groups excluding carboxylic acids is 1. The Bertz CT molecular complexity index is 508. The maximum atomic E-state index is 11.9. The number of urea groups is 1. The van der Waals surface area contributed by atoms with Crippen LogP contribution in [-0.2, 0) is 18.3 Å². The predicted molar refractivity (Wildman–Crippen MR) is 74.7 cm³/mol. The van der Waals surface area contributed by atoms with E-state index in [9.17, 15) is 9.59 Å². The van der Waals surface area contributed by atoms with Gasteiger partial charge in [-0.1, -0.05) is 12.8 Å². The van der Waals surface area contributed by atoms with E-state index >= 15 is 0 Å². The largest absolute Gasteiger partial charge is 0.481 e. The molecule has 0 bridgehead atoms. The van der Waals surface area contributed by atoms with Gasteiger partial charge in [0.05, 0.1) is 12.0 Å². The van der Waals surface area contributed by atoms with Gasteiger partial charge in [-0.3, -0.25) is 4.79 Å². The van der Waals surface area contributed by atoms with Crippen LogP contribution in [0.4, 0.5) is 4.79 Å². The molecule has 3 N–H and O–H groups in total. The Balaban J connectivity index is 1.80. The van der Waals surface area contributed by atoms with Crippen molar-refractivity contribution in [2.45, 2.75) is 44.1 Å². The smallest absolute Gasteiger partial charge is 0.315 e. The van der Waals surface area contributed by atoms with Gasteiger partial charge in [0.25, 0.3) is 0 Å². The van der Waals surface area contributed by atoms with Gasteiger partial charge in [0, 0.05) is 20.0 Å². The number of nitrogens with zero attached hydrogens (tertiary/aromatic N) is 3. The monoisotopic (exact) mass is 295 g/mol. The molecule has 2 amide bonds. The number of carbonyl (C=O) groups is 2. The molecule has 0 spiro atoms. The Kier molecular flexibility index (Phi) is 4.77. The van der Waals surface area contributed by atoms with Gasteiger partial charge in [-0.2, -0.15) is 0 Å². The van der Waals surface area contributed by atoms with Crippen LogP contribution in [0.15, 0.2) is 6.33 Å². The number of hydrogen-bond acceptors (Lipinski definition) is 4. The number of aryl methyl sites for hydroxylation is 1. The Labute approximate surface area is 122 Å². The summed E-state index contributed by atoms with van der Waals surface area (Å²) in [6, 6.07) is -0.319. The summed E-state index contributed by atoms with van der Waals surface area (Å²) in [5.74, 6) is -0.0901. The molecule has 1 fully saturated rings. The molecular weight excluding hydrogens is 274 g/mol. The Morgan fingerprint density at radius 1 is 1.43 bits per heavy atom. The second-order valence-electron chi connectivity index (χ2n) is 5.55. The lowest BCUT2D eigenvalue weighted by Gasteiger charge is -2.28. The van der Waals surface area contributed by atoms with Crippen molar-refractivity contribution in [2.24, 2.45) is 7.05 Å². The summed E-state index contributed by atoms with van der Waals surface area (Å²) >= 11 is 0. The molecule has 0 atom stereocenters. The number of carboxylic acid groups (broad SMARTS) is 1. The molecule has 1 aliphatic carbocycles. The van der Waals surface area contributed by atoms with E-state index in [1.165, 1.54) is 0 Å². The molecule has 116 valence electrons. The first kappa shape index (κ1) is 15.3. The van der Waals surface area contributed by atoms with Crippen LogP contribution in [0.25, 0.3) is 0 Å². The number of amides is 2. The zero-order valence-corrected chi connectivity index (χ0v) is 12.1. The van der Waals surface area contributed by atoms with Gasteiger partial charge in [0.15, 0.2) is 0 Å². The van der Waals surface area contributed by atoms with E-state index in [1.807, 2.05) is 7.05 Å². The Morgan fingerprint density at radius 2 is 2.14 bits per heavy atom. The topological polar surface area (TPSA) is 109 Å². The summed E-state index contributed by atoms with van der Waals surface area (Å²) < 4.78 is 1.79. The molecule has 21 heavy (non-hydrogen) atoms. The molecular formula is C13H21N5O3. The van der Waals surface area contributed by atoms with Crippen LogP contribution in [0.2, 0.25) is 0 Å². The molecule has 1 aromatic rings. The normalized spacial score (nSPS) is 16.6. The number of aromatic nitrogens is 3. The first-order valence-corrected chi connectivity index (χ1v) is 7.11. The van der Waals surface area contributed by atoms with Gasteiger partial charge in [0.2, 0.25) is 0 Å². The third-order valence-electron chi connectivity index (χ3n) is 3.87. The molecule has 1 heterocycles. The minimum Gasteiger partial charge on any atom is -0.481 e. The summed E-state index contributed by atoms with van der Waals surface area (Å²) in [6.07, 6.45) is 5.50. The van der Waals surface area contributed by atoms with Crippen molar-refractivity contribution in [1.82, 2.24) is 25.4 Å². The summed E-state index contributed by atoms with van der Waals surface area (Å²) in [4.78, 5) is 22.9. The summed E-state index contributed by atoms with van der Waals surface area (Å²) in [5, 5.41) is 22.3. The lowest BCUT2D eigenvalue weighted by atomic mass is 9.93. The lowest BCUT2D eigenvalue weighted by Crippen LogP contribution is -2.52. The summed E-state index contributed by atoms with van der Waals surface area (Å²) in [6.45, 7) is 0.432. The zero-order valence-electron chi connectivity index (χ0n) is 12.1. The summed E-state index contributed by atoms with van der Waals surface area (Å²) in [5.41, 5.74) is -0.597. The van der Waals surface area contributed by atoms with Crippen LogP contribution in [0.3, 0.4) is 0 Å². The van der Waals surface area contributed by atoms with Crippen LogP contribution in [-0.4, -0.2) is 44.0 Å². The van der Waals surface area contributed by atoms with E-state index in [4.69, 9.17) is 5.11 Å². The van der Waals surface area contributed by atoms with Gasteiger partial charge in [-0.25, -0.2) is 4.79 Å². The van der Waals surface area contributed by atoms with Crippen LogP contribution in [0, 0.1) is 0 Å². The maximum absolute atomic E-state index is 11.9. The lowest BCUT2D eigenvalue weighted by molar-refractivity contribution is -0.138. The van der Waals surface area contributed by atoms with Gasteiger partial charge in [0.1, 0.15) is 12.2 Å². The number of rotatable bonds is 6. The quantitative estimate of drug-likeness (QED) is 0.705. The second-order valence-corrected chi connectivity index (χ2v) is 5.55. The number of aliphatic carboxylic acids is 1. The highest BCUT2D eigenvalue weighted by molar-refractivity contribution is 5.76. The molecule has 0 saturated heterocycles. The molecule has 0 aliphatic heterocycles. The summed E-state index contributed by atoms with van der Waals surface area (Å²) in [7, 11) is 1.84. The maximum Gasteiger partial charge on any atom is 0.315 e. The van der Waals surface area contributed by atoms with Crippen molar-refractivity contribution < 1.29 is 14.7 Å². The molecule has 8 heteroatoms. The Morgan fingerprint density at radius 3 is 2.71 bits per heavy atom. The van der Waals surface area contributed by atoms with Crippen molar-refractivity contribution in [2.75, 3.05) is 6.54 Å². The number of hydrogen-bond donors (Lipinski definition) is 3. The zero-order chi connectivity index (χ0) is 15.3. The second kappa shape index (κ2) is 6.55. The van der Waals surface area contributed by atoms with Crippen molar-refractivity contribution in [3.63, 3.8) is 0 Å². The fourth-order valence-corrected chi connectivity index (χ4v) is 2.79. The van der Waals surface area contributed by atoms with E-state index < -0.39 is 11.5 Å². The van der Waals surface area contributed by atoms with Crippen molar-refractivity contribution in [1.29, 1.82) is 0 Å². The van der Waals surface area contributed by atoms with Gasteiger partial charge < -0.3 is 20.3 Å². The third kappa shape index (κ3) is 4.17. The fraction of sp³-hybridized carbons (Fsp3) is 0.692. The number of carboxylic acids is 1. The standard InChI is InChI=1S/C13H21N5O3/c1-18-9-15-17-10(18)4-7-14-12(21)16-13(8-11(19)20)5-2-3-6-13/h9H,2-8H2,1H3,(H,19,20)(H2,14,16,21). The molecule has 1 saturated carbocycles. The first-order valence-electron chi connectivity index (χ1n) is 7.11. The van der Waals surface area contributed by atoms with Crippen LogP contribution < -0.4 is 10.6 Å². The van der Waals surface area contributed by atoms with Crippen LogP contribution in [0.1, 0.15) is 37.9 Å². The fourth-order valence-electron chi connectivity index (χ4n) is 2.79. The molecule has 8 nitrogen and oxygen atoms in total. The number of nitrogens with one attached hydrogen (secondary N) is 2. The van der Waals surface area contributed by atoms with Gasteiger partial charge in [-0.05, 0) is 12.8 Å². The first-order chi connectivity index (χ1) is 10.0. The Hall–Kier alpha value is -2.12. The van der Waals surface area contributed by atoms with E-state index in [0.717, 1.165) is 31.5 Å². The highest BCUT2D eigenvalue weighted by atomic mass is 16.4. The SMILES string of the molecule is Cn1cnnc1CCNC(=O)NC1(CC(=O)O)CCCC1. The average Bonchev–Trinajstić information content (AvgIpc) is 2.99. The molecule has 0 radical (unpaired) electrons. The highest BCUT2D eigenvalue weighted by Gasteiger charge is 2.37. The van der Waals surface area contributed by atoms with E-state index in [1.54, 1.807) is 10.9 Å². The van der Waals surface area contributed by atoms with E-state index in [0.29, 0.717) is 13.0 Å². The third-order valence-corrected chi connectivity index (χ3v) is 3.87. The molecule has 0 aromatic carbocycles. The van der Waals surface area contributed by atoms with Crippen molar-refractivity contribution >= 4 is 12.0 Å². The van der Waals surface area contributed by atoms with Crippen LogP contribution >= 0.6 is 0 Å². The minimum absolute atomic E-state index is 0.0241. The average molecular weight is 295 g/mol. The van der Waals surface area contributed by atoms with Gasteiger partial charge >= 0.3 is 12.0 Å². The van der Waals surface area contributed by atoms with E-state index in [-0.39, 0.29) is 12.5 Å². The minimum atomic E-state index is -0.878. The van der Waals surface area contributed by atoms with Gasteiger partial charge in [-0.15, -0.1) is 10.2 Å². The van der Waals surface area contributed by atoms with Crippen molar-refractivity contribution in [3.05, 3.63) is 12.2 Å². The molecule has 2 rings (SSSR count). The van der Waals surface area contributed by atoms with Crippen LogP contribution in [0.5, 0.6) is 0 Å².